The van der Waals surface area contributed by atoms with E-state index in [1.807, 2.05) is 25.2 Å². The largest absolute Gasteiger partial charge is 0.295 e. The van der Waals surface area contributed by atoms with Crippen molar-refractivity contribution in [2.45, 2.75) is 27.2 Å². The molecule has 10 heavy (non-hydrogen) atoms. The summed E-state index contributed by atoms with van der Waals surface area (Å²) in [6.45, 7) is 5.46. The maximum atomic E-state index is 10.6. The van der Waals surface area contributed by atoms with Crippen LogP contribution in [0.5, 0.6) is 0 Å². The van der Waals surface area contributed by atoms with E-state index in [9.17, 15) is 4.79 Å². The van der Waals surface area contributed by atoms with Crippen LogP contribution in [-0.4, -0.2) is 5.78 Å². The highest BCUT2D eigenvalue weighted by Gasteiger charge is 1.90. The number of carbonyl (C=O) groups is 1. The second-order valence-electron chi connectivity index (χ2n) is 2.24. The van der Waals surface area contributed by atoms with Gasteiger partial charge >= 0.3 is 0 Å². The quantitative estimate of drug-likeness (QED) is 0.432. The molecule has 0 aromatic rings. The van der Waals surface area contributed by atoms with E-state index in [1.54, 1.807) is 6.92 Å². The molecule has 0 saturated heterocycles. The molecule has 0 unspecified atom stereocenters. The predicted molar refractivity (Wildman–Crippen MR) is 43.9 cm³/mol. The Labute approximate surface area is 62.4 Å². The van der Waals surface area contributed by atoms with Crippen molar-refractivity contribution in [3.63, 3.8) is 0 Å². The lowest BCUT2D eigenvalue weighted by Gasteiger charge is -1.87. The van der Waals surface area contributed by atoms with Crippen LogP contribution >= 0.6 is 0 Å². The van der Waals surface area contributed by atoms with Crippen LogP contribution in [0.1, 0.15) is 27.2 Å². The summed E-state index contributed by atoms with van der Waals surface area (Å²) in [5.41, 5.74) is 0.810. The predicted octanol–water partition coefficient (Wildman–Crippen LogP) is 2.49. The second-order valence-corrected chi connectivity index (χ2v) is 2.24. The third-order valence-corrected chi connectivity index (χ3v) is 1.27. The van der Waals surface area contributed by atoms with Gasteiger partial charge in [-0.2, -0.15) is 0 Å². The van der Waals surface area contributed by atoms with Gasteiger partial charge in [0.15, 0.2) is 5.78 Å². The molecule has 0 atom stereocenters. The highest BCUT2D eigenvalue weighted by Crippen LogP contribution is 1.94. The molecule has 0 aromatic carbocycles. The first kappa shape index (κ1) is 9.15. The number of carbonyl (C=O) groups excluding carboxylic acids is 1. The highest BCUT2D eigenvalue weighted by atomic mass is 16.1. The molecule has 56 valence electrons. The number of rotatable bonds is 3. The Morgan fingerprint density at radius 1 is 1.40 bits per heavy atom. The molecule has 0 radical (unpaired) electrons. The molecule has 1 heteroatoms. The van der Waals surface area contributed by atoms with Gasteiger partial charge in [0.05, 0.1) is 0 Å². The summed E-state index contributed by atoms with van der Waals surface area (Å²) in [6.07, 6.45) is 6.79. The summed E-state index contributed by atoms with van der Waals surface area (Å²) in [5, 5.41) is 0. The standard InChI is InChI=1S/C9H14O/c1-4-5-6-7-8(2)9(3)10/h5-7H,4H2,1-3H3. The van der Waals surface area contributed by atoms with Crippen LogP contribution in [0.4, 0.5) is 0 Å². The molecule has 0 rings (SSSR count). The Balaban J connectivity index is 3.92. The molecule has 0 bridgehead atoms. The third-order valence-electron chi connectivity index (χ3n) is 1.27. The number of Topliss-reactive ketones (excluding diaryl/α,β-unsaturated/α-hetero) is 1. The van der Waals surface area contributed by atoms with Gasteiger partial charge in [-0.05, 0) is 25.8 Å². The third kappa shape index (κ3) is 4.07. The summed E-state index contributed by atoms with van der Waals surface area (Å²) in [6, 6.07) is 0. The molecule has 0 N–H and O–H groups in total. The van der Waals surface area contributed by atoms with Crippen LogP contribution in [0.3, 0.4) is 0 Å². The highest BCUT2D eigenvalue weighted by molar-refractivity contribution is 5.92. The number of hydrogen-bond acceptors (Lipinski definition) is 1. The number of ketones is 1. The van der Waals surface area contributed by atoms with Gasteiger partial charge in [0.1, 0.15) is 0 Å². The van der Waals surface area contributed by atoms with E-state index in [4.69, 9.17) is 0 Å². The maximum Gasteiger partial charge on any atom is 0.155 e. The zero-order valence-corrected chi connectivity index (χ0v) is 6.85. The molecule has 0 aliphatic heterocycles. The van der Waals surface area contributed by atoms with E-state index < -0.39 is 0 Å². The fourth-order valence-electron chi connectivity index (χ4n) is 0.466. The van der Waals surface area contributed by atoms with Crippen molar-refractivity contribution in [3.8, 4) is 0 Å². The van der Waals surface area contributed by atoms with Gasteiger partial charge in [0, 0.05) is 0 Å². The van der Waals surface area contributed by atoms with Gasteiger partial charge < -0.3 is 0 Å². The minimum absolute atomic E-state index is 0.140. The molecule has 0 aromatic heterocycles. The maximum absolute atomic E-state index is 10.6. The summed E-state index contributed by atoms with van der Waals surface area (Å²) < 4.78 is 0. The van der Waals surface area contributed by atoms with Crippen LogP contribution in [-0.2, 0) is 4.79 Å². The van der Waals surface area contributed by atoms with Gasteiger partial charge in [-0.15, -0.1) is 0 Å². The van der Waals surface area contributed by atoms with E-state index >= 15 is 0 Å². The Hall–Kier alpha value is -0.850. The average Bonchev–Trinajstić information content (AvgIpc) is 1.88. The molecule has 0 heterocycles. The molecular formula is C9H14O. The van der Waals surface area contributed by atoms with E-state index in [0.717, 1.165) is 12.0 Å². The molecule has 0 fully saturated rings. The van der Waals surface area contributed by atoms with Crippen LogP contribution in [0.2, 0.25) is 0 Å². The van der Waals surface area contributed by atoms with Crippen molar-refractivity contribution >= 4 is 5.78 Å². The first-order chi connectivity index (χ1) is 4.68. The van der Waals surface area contributed by atoms with Crippen molar-refractivity contribution in [2.75, 3.05) is 0 Å². The molecule has 0 aliphatic carbocycles. The van der Waals surface area contributed by atoms with Gasteiger partial charge in [-0.3, -0.25) is 4.79 Å². The van der Waals surface area contributed by atoms with Gasteiger partial charge in [0.2, 0.25) is 0 Å². The number of allylic oxidation sites excluding steroid dienone is 4. The van der Waals surface area contributed by atoms with Gasteiger partial charge in [0.25, 0.3) is 0 Å². The van der Waals surface area contributed by atoms with Crippen molar-refractivity contribution < 1.29 is 4.79 Å². The Morgan fingerprint density at radius 3 is 2.40 bits per heavy atom. The van der Waals surface area contributed by atoms with Crippen molar-refractivity contribution in [3.05, 3.63) is 23.8 Å². The average molecular weight is 138 g/mol. The lowest BCUT2D eigenvalue weighted by molar-refractivity contribution is -0.113. The monoisotopic (exact) mass is 138 g/mol. The van der Waals surface area contributed by atoms with Crippen molar-refractivity contribution in [1.29, 1.82) is 0 Å². The van der Waals surface area contributed by atoms with Gasteiger partial charge in [-0.1, -0.05) is 25.2 Å². The minimum Gasteiger partial charge on any atom is -0.295 e. The summed E-state index contributed by atoms with van der Waals surface area (Å²) in [4.78, 5) is 10.6. The summed E-state index contributed by atoms with van der Waals surface area (Å²) in [5.74, 6) is 0.140. The van der Waals surface area contributed by atoms with Crippen LogP contribution in [0, 0.1) is 0 Å². The zero-order valence-electron chi connectivity index (χ0n) is 6.85. The smallest absolute Gasteiger partial charge is 0.155 e. The van der Waals surface area contributed by atoms with Gasteiger partial charge in [-0.25, -0.2) is 0 Å². The SMILES string of the molecule is CCC=CC=C(C)C(C)=O. The molecular weight excluding hydrogens is 124 g/mol. The van der Waals surface area contributed by atoms with E-state index in [2.05, 4.69) is 6.92 Å². The Kier molecular flexibility index (Phi) is 4.55. The Morgan fingerprint density at radius 2 is 2.00 bits per heavy atom. The zero-order chi connectivity index (χ0) is 7.98. The minimum atomic E-state index is 0.140. The molecule has 1 nitrogen and oxygen atoms in total. The first-order valence-electron chi connectivity index (χ1n) is 3.52. The fourth-order valence-corrected chi connectivity index (χ4v) is 0.466. The lowest BCUT2D eigenvalue weighted by Crippen LogP contribution is -1.89. The van der Waals surface area contributed by atoms with Crippen LogP contribution < -0.4 is 0 Å². The molecule has 0 saturated carbocycles. The fraction of sp³-hybridized carbons (Fsp3) is 0.444. The molecule has 0 aliphatic rings. The normalized spacial score (nSPS) is 12.5. The molecule has 0 amide bonds. The van der Waals surface area contributed by atoms with Crippen molar-refractivity contribution in [1.82, 2.24) is 0 Å². The Bertz CT molecular complexity index is 164. The topological polar surface area (TPSA) is 17.1 Å². The molecule has 0 spiro atoms. The van der Waals surface area contributed by atoms with Crippen LogP contribution in [0.25, 0.3) is 0 Å². The summed E-state index contributed by atoms with van der Waals surface area (Å²) in [7, 11) is 0. The van der Waals surface area contributed by atoms with E-state index in [-0.39, 0.29) is 5.78 Å². The second kappa shape index (κ2) is 4.98. The van der Waals surface area contributed by atoms with Crippen molar-refractivity contribution in [2.24, 2.45) is 0 Å². The first-order valence-corrected chi connectivity index (χ1v) is 3.52. The summed E-state index contributed by atoms with van der Waals surface area (Å²) >= 11 is 0. The number of hydrogen-bond donors (Lipinski definition) is 0. The van der Waals surface area contributed by atoms with E-state index in [0.29, 0.717) is 0 Å². The van der Waals surface area contributed by atoms with Crippen LogP contribution in [0.15, 0.2) is 23.8 Å². The lowest BCUT2D eigenvalue weighted by atomic mass is 10.2. The van der Waals surface area contributed by atoms with E-state index in [1.165, 1.54) is 0 Å².